The fourth-order valence-corrected chi connectivity index (χ4v) is 0.542. The van der Waals surface area contributed by atoms with Gasteiger partial charge in [-0.25, -0.2) is 0 Å². The van der Waals surface area contributed by atoms with Crippen LogP contribution in [0.25, 0.3) is 0 Å². The summed E-state index contributed by atoms with van der Waals surface area (Å²) in [5, 5.41) is 14.7. The second-order valence-corrected chi connectivity index (χ2v) is 1.61. The van der Waals surface area contributed by atoms with E-state index in [1.165, 1.54) is 0 Å². The number of nitrogens with zero attached hydrogens (tertiary/aromatic N) is 3. The van der Waals surface area contributed by atoms with E-state index in [9.17, 15) is 8.78 Å². The SMILES string of the molecule is OCc1cnnn1C(F)F. The molecule has 6 heteroatoms. The molecular formula is C4H5F2N3O. The zero-order valence-corrected chi connectivity index (χ0v) is 4.91. The molecule has 0 amide bonds. The smallest absolute Gasteiger partial charge is 0.334 e. The van der Waals surface area contributed by atoms with E-state index >= 15 is 0 Å². The second-order valence-electron chi connectivity index (χ2n) is 1.61. The number of hydrogen-bond donors (Lipinski definition) is 1. The Morgan fingerprint density at radius 3 is 2.80 bits per heavy atom. The Balaban J connectivity index is 2.90. The summed E-state index contributed by atoms with van der Waals surface area (Å²) < 4.78 is 24.0. The molecule has 0 aliphatic rings. The molecular weight excluding hydrogens is 144 g/mol. The number of aliphatic hydroxyl groups excluding tert-OH is 1. The van der Waals surface area contributed by atoms with Crippen molar-refractivity contribution in [1.82, 2.24) is 15.0 Å². The molecule has 0 bridgehead atoms. The van der Waals surface area contributed by atoms with Gasteiger partial charge in [-0.15, -0.1) is 5.10 Å². The molecule has 0 unspecified atom stereocenters. The molecule has 0 aliphatic heterocycles. The fourth-order valence-electron chi connectivity index (χ4n) is 0.542. The Bertz CT molecular complexity index is 212. The quantitative estimate of drug-likeness (QED) is 0.651. The van der Waals surface area contributed by atoms with Gasteiger partial charge in [-0.2, -0.15) is 13.5 Å². The minimum Gasteiger partial charge on any atom is -0.390 e. The molecule has 1 heterocycles. The van der Waals surface area contributed by atoms with Gasteiger partial charge in [-0.05, 0) is 0 Å². The lowest BCUT2D eigenvalue weighted by Gasteiger charge is -1.99. The average Bonchev–Trinajstić information content (AvgIpc) is 2.33. The van der Waals surface area contributed by atoms with Crippen LogP contribution in [0.1, 0.15) is 12.2 Å². The highest BCUT2D eigenvalue weighted by atomic mass is 19.3. The summed E-state index contributed by atoms with van der Waals surface area (Å²) in [5.41, 5.74) is 0.00926. The van der Waals surface area contributed by atoms with Crippen molar-refractivity contribution in [2.24, 2.45) is 0 Å². The summed E-state index contributed by atoms with van der Waals surface area (Å²) in [4.78, 5) is 0. The van der Waals surface area contributed by atoms with Crippen LogP contribution in [0.15, 0.2) is 6.20 Å². The third-order valence-electron chi connectivity index (χ3n) is 0.996. The number of alkyl halides is 2. The van der Waals surface area contributed by atoms with E-state index in [-0.39, 0.29) is 5.69 Å². The van der Waals surface area contributed by atoms with Gasteiger partial charge in [-0.1, -0.05) is 5.21 Å². The average molecular weight is 149 g/mol. The van der Waals surface area contributed by atoms with Crippen LogP contribution in [0.2, 0.25) is 0 Å². The molecule has 0 atom stereocenters. The Labute approximate surface area is 55.1 Å². The summed E-state index contributed by atoms with van der Waals surface area (Å²) in [5.74, 6) is 0. The van der Waals surface area contributed by atoms with Crippen molar-refractivity contribution in [2.75, 3.05) is 0 Å². The van der Waals surface area contributed by atoms with Gasteiger partial charge in [0.1, 0.15) is 0 Å². The van der Waals surface area contributed by atoms with Crippen LogP contribution in [0.3, 0.4) is 0 Å². The van der Waals surface area contributed by atoms with Crippen LogP contribution < -0.4 is 0 Å². The monoisotopic (exact) mass is 149 g/mol. The molecule has 0 fully saturated rings. The predicted octanol–water partition coefficient (Wildman–Crippen LogP) is 0.165. The van der Waals surface area contributed by atoms with Crippen LogP contribution in [0.5, 0.6) is 0 Å². The largest absolute Gasteiger partial charge is 0.390 e. The van der Waals surface area contributed by atoms with Crippen molar-refractivity contribution in [3.05, 3.63) is 11.9 Å². The van der Waals surface area contributed by atoms with E-state index in [2.05, 4.69) is 10.3 Å². The van der Waals surface area contributed by atoms with Gasteiger partial charge in [-0.3, -0.25) is 0 Å². The lowest BCUT2D eigenvalue weighted by molar-refractivity contribution is 0.0472. The van der Waals surface area contributed by atoms with Gasteiger partial charge in [0.25, 0.3) is 0 Å². The number of hydrogen-bond acceptors (Lipinski definition) is 3. The third-order valence-corrected chi connectivity index (χ3v) is 0.996. The first-order valence-corrected chi connectivity index (χ1v) is 2.53. The Hall–Kier alpha value is -1.04. The van der Waals surface area contributed by atoms with Crippen molar-refractivity contribution in [1.29, 1.82) is 0 Å². The molecule has 1 aromatic rings. The van der Waals surface area contributed by atoms with Crippen LogP contribution in [-0.4, -0.2) is 20.1 Å². The Kier molecular flexibility index (Phi) is 1.91. The molecule has 1 N–H and O–H groups in total. The maximum Gasteiger partial charge on any atom is 0.334 e. The second kappa shape index (κ2) is 2.70. The summed E-state index contributed by atoms with van der Waals surface area (Å²) in [7, 11) is 0. The van der Waals surface area contributed by atoms with E-state index in [1.807, 2.05) is 0 Å². The van der Waals surface area contributed by atoms with E-state index in [1.54, 1.807) is 0 Å². The van der Waals surface area contributed by atoms with Crippen LogP contribution >= 0.6 is 0 Å². The number of halogens is 2. The van der Waals surface area contributed by atoms with Gasteiger partial charge < -0.3 is 5.11 Å². The maximum atomic E-state index is 11.8. The molecule has 0 radical (unpaired) electrons. The van der Waals surface area contributed by atoms with Gasteiger partial charge in [0.15, 0.2) is 0 Å². The van der Waals surface area contributed by atoms with E-state index in [0.29, 0.717) is 4.68 Å². The topological polar surface area (TPSA) is 50.9 Å². The normalized spacial score (nSPS) is 10.8. The van der Waals surface area contributed by atoms with Crippen LogP contribution in [-0.2, 0) is 6.61 Å². The number of rotatable bonds is 2. The molecule has 0 spiro atoms. The zero-order valence-electron chi connectivity index (χ0n) is 4.91. The molecule has 56 valence electrons. The molecule has 0 saturated carbocycles. The van der Waals surface area contributed by atoms with Crippen molar-refractivity contribution in [2.45, 2.75) is 13.2 Å². The van der Waals surface area contributed by atoms with E-state index in [4.69, 9.17) is 5.11 Å². The third kappa shape index (κ3) is 1.10. The van der Waals surface area contributed by atoms with Gasteiger partial charge in [0.05, 0.1) is 18.5 Å². The zero-order chi connectivity index (χ0) is 7.56. The van der Waals surface area contributed by atoms with E-state index in [0.717, 1.165) is 6.20 Å². The van der Waals surface area contributed by atoms with Gasteiger partial charge in [0.2, 0.25) is 0 Å². The van der Waals surface area contributed by atoms with Gasteiger partial charge >= 0.3 is 6.55 Å². The van der Waals surface area contributed by atoms with Crippen molar-refractivity contribution < 1.29 is 13.9 Å². The highest BCUT2D eigenvalue weighted by Crippen LogP contribution is 2.09. The molecule has 10 heavy (non-hydrogen) atoms. The number of aliphatic hydroxyl groups is 1. The molecule has 1 aromatic heterocycles. The minimum absolute atomic E-state index is 0.00926. The summed E-state index contributed by atoms with van der Waals surface area (Å²) >= 11 is 0. The molecule has 0 aromatic carbocycles. The molecule has 1 rings (SSSR count). The predicted molar refractivity (Wildman–Crippen MR) is 27.2 cm³/mol. The lowest BCUT2D eigenvalue weighted by Crippen LogP contribution is -2.05. The van der Waals surface area contributed by atoms with Gasteiger partial charge in [0, 0.05) is 0 Å². The highest BCUT2D eigenvalue weighted by Gasteiger charge is 2.10. The number of aromatic nitrogens is 3. The summed E-state index contributed by atoms with van der Waals surface area (Å²) in [6, 6.07) is 0. The van der Waals surface area contributed by atoms with Crippen molar-refractivity contribution >= 4 is 0 Å². The fraction of sp³-hybridized carbons (Fsp3) is 0.500. The van der Waals surface area contributed by atoms with Crippen LogP contribution in [0, 0.1) is 0 Å². The molecule has 4 nitrogen and oxygen atoms in total. The first kappa shape index (κ1) is 7.07. The van der Waals surface area contributed by atoms with Crippen molar-refractivity contribution in [3.8, 4) is 0 Å². The minimum atomic E-state index is -2.73. The van der Waals surface area contributed by atoms with E-state index < -0.39 is 13.2 Å². The van der Waals surface area contributed by atoms with Crippen LogP contribution in [0.4, 0.5) is 8.78 Å². The molecule has 0 aliphatic carbocycles. The Morgan fingerprint density at radius 1 is 1.70 bits per heavy atom. The Morgan fingerprint density at radius 2 is 2.40 bits per heavy atom. The molecule has 0 saturated heterocycles. The first-order valence-electron chi connectivity index (χ1n) is 2.53. The first-order chi connectivity index (χ1) is 4.75. The standard InChI is InChI=1S/C4H5F2N3O/c5-4(6)9-3(2-10)1-7-8-9/h1,4,10H,2H2. The summed E-state index contributed by atoms with van der Waals surface area (Å²) in [6.45, 7) is -3.21. The van der Waals surface area contributed by atoms with Crippen molar-refractivity contribution in [3.63, 3.8) is 0 Å². The highest BCUT2D eigenvalue weighted by molar-refractivity contribution is 4.90. The summed E-state index contributed by atoms with van der Waals surface area (Å²) in [6.07, 6.45) is 1.09. The maximum absolute atomic E-state index is 11.8. The lowest BCUT2D eigenvalue weighted by atomic mass is 10.5.